The van der Waals surface area contributed by atoms with E-state index in [0.717, 1.165) is 36.8 Å². The standard InChI is InChI=1S/C28H37NO2/c1-16(2)20-14-24(31)28-23(30)11-10-18(4)27(28,5)13-12-17(3)26(28)25(20)21-15-29-22-9-7-6-8-19(21)22/h6-9,15,17-18,20,23,25-26,29-30H,1,10-14H2,2-5H3/t17-,18-,20+,23+,25-,26+,27+,28?/m1/s1. The van der Waals surface area contributed by atoms with Crippen LogP contribution in [0.4, 0.5) is 0 Å². The van der Waals surface area contributed by atoms with Crippen molar-refractivity contribution in [1.29, 1.82) is 0 Å². The Morgan fingerprint density at radius 1 is 1.19 bits per heavy atom. The molecule has 1 heterocycles. The van der Waals surface area contributed by atoms with Crippen molar-refractivity contribution in [2.45, 2.75) is 71.8 Å². The number of carbonyl (C=O) groups is 1. The highest BCUT2D eigenvalue weighted by molar-refractivity contribution is 5.90. The molecule has 5 rings (SSSR count). The number of H-pyrrole nitrogens is 1. The van der Waals surface area contributed by atoms with Gasteiger partial charge in [-0.2, -0.15) is 0 Å². The number of aliphatic hydroxyl groups is 1. The number of rotatable bonds is 2. The third-order valence-electron chi connectivity index (χ3n) is 9.99. The minimum atomic E-state index is -0.655. The fraction of sp³-hybridized carbons (Fsp3) is 0.607. The maximum absolute atomic E-state index is 14.2. The first-order chi connectivity index (χ1) is 14.7. The second-order valence-electron chi connectivity index (χ2n) is 11.2. The number of carbonyl (C=O) groups excluding carboxylic acids is 1. The lowest BCUT2D eigenvalue weighted by atomic mass is 9.35. The largest absolute Gasteiger partial charge is 0.392 e. The number of allylic oxidation sites excluding steroid dienone is 1. The zero-order chi connectivity index (χ0) is 22.1. The first-order valence-electron chi connectivity index (χ1n) is 12.2. The van der Waals surface area contributed by atoms with Gasteiger partial charge in [-0.1, -0.05) is 51.1 Å². The molecule has 0 amide bonds. The smallest absolute Gasteiger partial charge is 0.143 e. The molecule has 3 aliphatic rings. The Balaban J connectivity index is 1.78. The predicted molar refractivity (Wildman–Crippen MR) is 126 cm³/mol. The number of nitrogens with one attached hydrogen (secondary N) is 1. The van der Waals surface area contributed by atoms with Crippen molar-refractivity contribution in [2.75, 3.05) is 0 Å². The van der Waals surface area contributed by atoms with Crippen LogP contribution in [0.2, 0.25) is 0 Å². The van der Waals surface area contributed by atoms with E-state index >= 15 is 0 Å². The van der Waals surface area contributed by atoms with E-state index in [1.165, 1.54) is 10.9 Å². The molecule has 3 heteroatoms. The van der Waals surface area contributed by atoms with Crippen molar-refractivity contribution in [1.82, 2.24) is 4.98 Å². The number of para-hydroxylation sites is 1. The zero-order valence-corrected chi connectivity index (χ0v) is 19.4. The van der Waals surface area contributed by atoms with Gasteiger partial charge in [0, 0.05) is 23.5 Å². The van der Waals surface area contributed by atoms with Crippen LogP contribution in [0.25, 0.3) is 10.9 Å². The molecule has 31 heavy (non-hydrogen) atoms. The first kappa shape index (κ1) is 21.0. The summed E-state index contributed by atoms with van der Waals surface area (Å²) in [7, 11) is 0. The van der Waals surface area contributed by atoms with E-state index in [4.69, 9.17) is 0 Å². The van der Waals surface area contributed by atoms with Crippen LogP contribution < -0.4 is 0 Å². The van der Waals surface area contributed by atoms with Crippen LogP contribution in [0.3, 0.4) is 0 Å². The summed E-state index contributed by atoms with van der Waals surface area (Å²) in [6.45, 7) is 13.4. The molecule has 166 valence electrons. The van der Waals surface area contributed by atoms with Crippen LogP contribution in [-0.4, -0.2) is 22.0 Å². The Morgan fingerprint density at radius 2 is 1.94 bits per heavy atom. The fourth-order valence-electron chi connectivity index (χ4n) is 8.29. The summed E-state index contributed by atoms with van der Waals surface area (Å²) in [5.41, 5.74) is 2.74. The molecular weight excluding hydrogens is 382 g/mol. The molecule has 0 bridgehead atoms. The molecule has 3 aliphatic carbocycles. The maximum Gasteiger partial charge on any atom is 0.143 e. The monoisotopic (exact) mass is 419 g/mol. The van der Waals surface area contributed by atoms with Gasteiger partial charge in [0.2, 0.25) is 0 Å². The number of aromatic nitrogens is 1. The van der Waals surface area contributed by atoms with E-state index in [0.29, 0.717) is 24.0 Å². The maximum atomic E-state index is 14.2. The molecule has 3 nitrogen and oxygen atoms in total. The Bertz CT molecular complexity index is 1040. The number of Topliss-reactive ketones (excluding diaryl/α,β-unsaturated/α-hetero) is 1. The third kappa shape index (κ3) is 2.59. The molecule has 0 aliphatic heterocycles. The van der Waals surface area contributed by atoms with Crippen LogP contribution in [0.5, 0.6) is 0 Å². The molecule has 1 spiro atoms. The minimum absolute atomic E-state index is 0.122. The number of hydrogen-bond donors (Lipinski definition) is 2. The quantitative estimate of drug-likeness (QED) is 0.566. The summed E-state index contributed by atoms with van der Waals surface area (Å²) in [5.74, 6) is 1.58. The van der Waals surface area contributed by atoms with Gasteiger partial charge in [-0.25, -0.2) is 0 Å². The number of ketones is 1. The van der Waals surface area contributed by atoms with Crippen molar-refractivity contribution in [3.05, 3.63) is 48.2 Å². The Labute approximate surface area is 186 Å². The third-order valence-corrected chi connectivity index (χ3v) is 9.99. The van der Waals surface area contributed by atoms with Gasteiger partial charge in [0.15, 0.2) is 0 Å². The summed E-state index contributed by atoms with van der Waals surface area (Å²) in [6.07, 6.45) is 6.03. The molecule has 1 aromatic carbocycles. The van der Waals surface area contributed by atoms with Crippen molar-refractivity contribution >= 4 is 16.7 Å². The van der Waals surface area contributed by atoms with Gasteiger partial charge in [0.25, 0.3) is 0 Å². The zero-order valence-electron chi connectivity index (χ0n) is 19.4. The fourth-order valence-corrected chi connectivity index (χ4v) is 8.29. The molecule has 0 saturated heterocycles. The van der Waals surface area contributed by atoms with Gasteiger partial charge in [-0.3, -0.25) is 4.79 Å². The second-order valence-corrected chi connectivity index (χ2v) is 11.2. The van der Waals surface area contributed by atoms with Gasteiger partial charge in [-0.05, 0) is 79.2 Å². The lowest BCUT2D eigenvalue weighted by Gasteiger charge is -2.68. The number of fused-ring (bicyclic) bond motifs is 1. The lowest BCUT2D eigenvalue weighted by Crippen LogP contribution is -2.69. The van der Waals surface area contributed by atoms with Crippen LogP contribution in [0.15, 0.2) is 42.6 Å². The number of aliphatic hydroxyl groups excluding tert-OH is 1. The summed E-state index contributed by atoms with van der Waals surface area (Å²) in [6, 6.07) is 8.50. The summed E-state index contributed by atoms with van der Waals surface area (Å²) < 4.78 is 0. The van der Waals surface area contributed by atoms with Crippen LogP contribution in [0.1, 0.15) is 71.3 Å². The van der Waals surface area contributed by atoms with E-state index in [9.17, 15) is 9.90 Å². The average Bonchev–Trinajstić information content (AvgIpc) is 3.17. The number of hydrogen-bond acceptors (Lipinski definition) is 2. The van der Waals surface area contributed by atoms with E-state index in [1.54, 1.807) is 0 Å². The Morgan fingerprint density at radius 3 is 2.68 bits per heavy atom. The molecule has 3 fully saturated rings. The van der Waals surface area contributed by atoms with Crippen molar-refractivity contribution in [3.8, 4) is 0 Å². The molecule has 8 atom stereocenters. The predicted octanol–water partition coefficient (Wildman–Crippen LogP) is 6.25. The van der Waals surface area contributed by atoms with Crippen LogP contribution >= 0.6 is 0 Å². The van der Waals surface area contributed by atoms with E-state index in [1.807, 2.05) is 0 Å². The van der Waals surface area contributed by atoms with E-state index in [-0.39, 0.29) is 23.2 Å². The van der Waals surface area contributed by atoms with Crippen LogP contribution in [-0.2, 0) is 4.79 Å². The average molecular weight is 420 g/mol. The second kappa shape index (κ2) is 7.07. The lowest BCUT2D eigenvalue weighted by molar-refractivity contribution is -0.218. The van der Waals surface area contributed by atoms with Gasteiger partial charge >= 0.3 is 0 Å². The highest BCUT2D eigenvalue weighted by Crippen LogP contribution is 2.71. The molecule has 2 aromatic rings. The van der Waals surface area contributed by atoms with E-state index < -0.39 is 11.5 Å². The SMILES string of the molecule is C=C(C)[C@@H]1CC(=O)C23[C@H]([C@H]1c1c[nH]c4ccccc14)[C@H](C)CC[C@@]2(C)[C@H](C)CC[C@@H]3O. The van der Waals surface area contributed by atoms with Crippen LogP contribution in [0, 0.1) is 34.5 Å². The number of aromatic amines is 1. The van der Waals surface area contributed by atoms with Gasteiger partial charge in [0.1, 0.15) is 5.78 Å². The van der Waals surface area contributed by atoms with E-state index in [2.05, 4.69) is 69.7 Å². The summed E-state index contributed by atoms with van der Waals surface area (Å²) in [4.78, 5) is 17.7. The first-order valence-corrected chi connectivity index (χ1v) is 12.2. The minimum Gasteiger partial charge on any atom is -0.392 e. The molecule has 1 unspecified atom stereocenters. The molecule has 2 N–H and O–H groups in total. The van der Waals surface area contributed by atoms with Gasteiger partial charge < -0.3 is 10.1 Å². The normalized spacial score (nSPS) is 42.8. The Hall–Kier alpha value is -1.87. The molecule has 3 saturated carbocycles. The molecule has 1 aromatic heterocycles. The topological polar surface area (TPSA) is 53.1 Å². The van der Waals surface area contributed by atoms with Gasteiger partial charge in [0.05, 0.1) is 11.5 Å². The van der Waals surface area contributed by atoms with Crippen molar-refractivity contribution in [3.63, 3.8) is 0 Å². The number of benzene rings is 1. The molecule has 0 radical (unpaired) electrons. The van der Waals surface area contributed by atoms with Gasteiger partial charge in [-0.15, -0.1) is 0 Å². The summed E-state index contributed by atoms with van der Waals surface area (Å²) in [5, 5.41) is 12.9. The Kier molecular flexibility index (Phi) is 4.79. The van der Waals surface area contributed by atoms with Crippen molar-refractivity contribution < 1.29 is 9.90 Å². The molecular formula is C28H37NO2. The summed E-state index contributed by atoms with van der Waals surface area (Å²) >= 11 is 0. The van der Waals surface area contributed by atoms with Crippen molar-refractivity contribution in [2.24, 2.45) is 34.5 Å². The highest BCUT2D eigenvalue weighted by Gasteiger charge is 2.71. The highest BCUT2D eigenvalue weighted by atomic mass is 16.3.